The molecule has 0 bridgehead atoms. The van der Waals surface area contributed by atoms with Crippen molar-refractivity contribution in [3.8, 4) is 0 Å². The van der Waals surface area contributed by atoms with E-state index in [9.17, 15) is 14.0 Å². The predicted molar refractivity (Wildman–Crippen MR) is 134 cm³/mol. The van der Waals surface area contributed by atoms with Crippen molar-refractivity contribution in [3.05, 3.63) is 89.0 Å². The number of carbonyl (C=O) groups excluding carboxylic acids is 2. The number of aryl methyl sites for hydroxylation is 1. The van der Waals surface area contributed by atoms with E-state index in [2.05, 4.69) is 15.3 Å². The van der Waals surface area contributed by atoms with E-state index in [0.29, 0.717) is 16.5 Å². The van der Waals surface area contributed by atoms with Crippen molar-refractivity contribution in [3.63, 3.8) is 0 Å². The van der Waals surface area contributed by atoms with Crippen LogP contribution < -0.4 is 5.32 Å². The highest BCUT2D eigenvalue weighted by Crippen LogP contribution is 2.37. The third kappa shape index (κ3) is 5.29. The SMILES string of the molecule is Cc1ccccc1NC(=O)CC1SC(=Nc2ccc(F)c(Cl)c2)N(C(C)c2cccnc2)C1=O. The van der Waals surface area contributed by atoms with E-state index in [-0.39, 0.29) is 29.3 Å². The average molecular weight is 497 g/mol. The van der Waals surface area contributed by atoms with Crippen LogP contribution in [0.3, 0.4) is 0 Å². The van der Waals surface area contributed by atoms with Crippen LogP contribution in [0.2, 0.25) is 5.02 Å². The summed E-state index contributed by atoms with van der Waals surface area (Å²) in [6.45, 7) is 3.78. The van der Waals surface area contributed by atoms with E-state index >= 15 is 0 Å². The number of halogens is 2. The largest absolute Gasteiger partial charge is 0.326 e. The fourth-order valence-corrected chi connectivity index (χ4v) is 4.97. The highest BCUT2D eigenvalue weighted by Gasteiger charge is 2.42. The van der Waals surface area contributed by atoms with Crippen molar-refractivity contribution in [2.75, 3.05) is 5.32 Å². The summed E-state index contributed by atoms with van der Waals surface area (Å²) in [7, 11) is 0. The van der Waals surface area contributed by atoms with Crippen LogP contribution in [0.4, 0.5) is 15.8 Å². The highest BCUT2D eigenvalue weighted by molar-refractivity contribution is 8.15. The summed E-state index contributed by atoms with van der Waals surface area (Å²) in [6, 6.07) is 14.9. The van der Waals surface area contributed by atoms with Gasteiger partial charge >= 0.3 is 0 Å². The molecule has 1 aliphatic heterocycles. The molecular weight excluding hydrogens is 475 g/mol. The lowest BCUT2D eigenvalue weighted by molar-refractivity contribution is -0.129. The Morgan fingerprint density at radius 1 is 1.26 bits per heavy atom. The first-order chi connectivity index (χ1) is 16.3. The minimum absolute atomic E-state index is 0.0166. The van der Waals surface area contributed by atoms with Gasteiger partial charge in [0.05, 0.1) is 16.8 Å². The molecule has 1 fully saturated rings. The van der Waals surface area contributed by atoms with Crippen LogP contribution in [0.25, 0.3) is 0 Å². The summed E-state index contributed by atoms with van der Waals surface area (Å²) in [5, 5.41) is 2.58. The molecule has 34 heavy (non-hydrogen) atoms. The van der Waals surface area contributed by atoms with Gasteiger partial charge in [-0.15, -0.1) is 0 Å². The number of nitrogens with one attached hydrogen (secondary N) is 1. The quantitative estimate of drug-likeness (QED) is 0.460. The number of aromatic nitrogens is 1. The molecule has 0 aliphatic carbocycles. The number of rotatable bonds is 6. The maximum absolute atomic E-state index is 13.6. The van der Waals surface area contributed by atoms with Crippen molar-refractivity contribution in [2.45, 2.75) is 31.6 Å². The second-order valence-electron chi connectivity index (χ2n) is 7.84. The Morgan fingerprint density at radius 2 is 2.06 bits per heavy atom. The molecule has 2 atom stereocenters. The van der Waals surface area contributed by atoms with E-state index in [1.165, 1.54) is 30.0 Å². The summed E-state index contributed by atoms with van der Waals surface area (Å²) in [5.74, 6) is -1.04. The van der Waals surface area contributed by atoms with Gasteiger partial charge in [0.1, 0.15) is 11.1 Å². The van der Waals surface area contributed by atoms with Crippen LogP contribution >= 0.6 is 23.4 Å². The van der Waals surface area contributed by atoms with E-state index in [1.54, 1.807) is 23.4 Å². The Hall–Kier alpha value is -3.23. The number of amides is 2. The van der Waals surface area contributed by atoms with Crippen molar-refractivity contribution >= 4 is 51.7 Å². The number of hydrogen-bond donors (Lipinski definition) is 1. The zero-order valence-corrected chi connectivity index (χ0v) is 20.1. The van der Waals surface area contributed by atoms with Crippen LogP contribution in [0.5, 0.6) is 0 Å². The molecule has 0 spiro atoms. The Kier molecular flexibility index (Phi) is 7.29. The van der Waals surface area contributed by atoms with Crippen LogP contribution in [-0.2, 0) is 9.59 Å². The van der Waals surface area contributed by atoms with Gasteiger partial charge in [0.15, 0.2) is 5.17 Å². The molecule has 174 valence electrons. The van der Waals surface area contributed by atoms with Crippen molar-refractivity contribution in [1.82, 2.24) is 9.88 Å². The topological polar surface area (TPSA) is 74.7 Å². The second-order valence-corrected chi connectivity index (χ2v) is 9.41. The van der Waals surface area contributed by atoms with Crippen LogP contribution in [-0.4, -0.2) is 32.1 Å². The second kappa shape index (κ2) is 10.4. The van der Waals surface area contributed by atoms with Gasteiger partial charge in [-0.3, -0.25) is 19.5 Å². The maximum Gasteiger partial charge on any atom is 0.243 e. The van der Waals surface area contributed by atoms with Gasteiger partial charge in [0.25, 0.3) is 0 Å². The van der Waals surface area contributed by atoms with Gasteiger partial charge in [-0.05, 0) is 55.3 Å². The number of nitrogens with zero attached hydrogens (tertiary/aromatic N) is 3. The molecule has 1 N–H and O–H groups in total. The number of benzene rings is 2. The molecule has 3 aromatic rings. The molecular formula is C25H22ClFN4O2S. The summed E-state index contributed by atoms with van der Waals surface area (Å²) >= 11 is 7.12. The number of carbonyl (C=O) groups is 2. The van der Waals surface area contributed by atoms with Crippen molar-refractivity contribution < 1.29 is 14.0 Å². The molecule has 4 rings (SSSR count). The Morgan fingerprint density at radius 3 is 2.76 bits per heavy atom. The zero-order valence-electron chi connectivity index (χ0n) is 18.5. The Balaban J connectivity index is 1.61. The van der Waals surface area contributed by atoms with Crippen LogP contribution in [0, 0.1) is 12.7 Å². The minimum atomic E-state index is -0.655. The molecule has 1 saturated heterocycles. The fraction of sp³-hybridized carbons (Fsp3) is 0.200. The van der Waals surface area contributed by atoms with Gasteiger partial charge in [0, 0.05) is 24.5 Å². The predicted octanol–water partition coefficient (Wildman–Crippen LogP) is 5.90. The Bertz CT molecular complexity index is 1250. The number of pyridine rings is 1. The molecule has 0 radical (unpaired) electrons. The summed E-state index contributed by atoms with van der Waals surface area (Å²) in [5.41, 5.74) is 2.88. The molecule has 2 amide bonds. The molecule has 9 heteroatoms. The number of anilines is 1. The van der Waals surface area contributed by atoms with Gasteiger partial charge in [-0.25, -0.2) is 9.38 Å². The maximum atomic E-state index is 13.6. The van der Waals surface area contributed by atoms with Gasteiger partial charge in [0.2, 0.25) is 11.8 Å². The average Bonchev–Trinajstić information content (AvgIpc) is 3.12. The normalized spacial score (nSPS) is 17.8. The fourth-order valence-electron chi connectivity index (χ4n) is 3.57. The lowest BCUT2D eigenvalue weighted by atomic mass is 10.1. The van der Waals surface area contributed by atoms with E-state index in [0.717, 1.165) is 11.1 Å². The monoisotopic (exact) mass is 496 g/mol. The summed E-state index contributed by atoms with van der Waals surface area (Å²) in [4.78, 5) is 36.5. The standard InChI is InChI=1S/C25H22ClFN4O2S/c1-15-6-3-4-8-21(15)30-23(32)13-22-24(33)31(16(2)17-7-5-11-28-14-17)25(34-22)29-18-9-10-20(27)19(26)12-18/h3-12,14,16,22H,13H2,1-2H3,(H,30,32). The number of amidine groups is 1. The lowest BCUT2D eigenvalue weighted by Crippen LogP contribution is -2.35. The molecule has 1 aromatic heterocycles. The number of aliphatic imine (C=N–C) groups is 1. The molecule has 6 nitrogen and oxygen atoms in total. The first-order valence-electron chi connectivity index (χ1n) is 10.6. The van der Waals surface area contributed by atoms with Gasteiger partial charge < -0.3 is 5.32 Å². The highest BCUT2D eigenvalue weighted by atomic mass is 35.5. The lowest BCUT2D eigenvalue weighted by Gasteiger charge is -2.24. The summed E-state index contributed by atoms with van der Waals surface area (Å²) < 4.78 is 13.6. The van der Waals surface area contributed by atoms with Crippen molar-refractivity contribution in [1.29, 1.82) is 0 Å². The van der Waals surface area contributed by atoms with Crippen molar-refractivity contribution in [2.24, 2.45) is 4.99 Å². The number of hydrogen-bond acceptors (Lipinski definition) is 5. The molecule has 2 aromatic carbocycles. The zero-order chi connectivity index (χ0) is 24.2. The van der Waals surface area contributed by atoms with E-state index < -0.39 is 11.1 Å². The van der Waals surface area contributed by atoms with Crippen LogP contribution in [0.1, 0.15) is 30.5 Å². The number of thioether (sulfide) groups is 1. The third-order valence-electron chi connectivity index (χ3n) is 5.44. The smallest absolute Gasteiger partial charge is 0.243 e. The molecule has 2 unspecified atom stereocenters. The molecule has 2 heterocycles. The first-order valence-corrected chi connectivity index (χ1v) is 11.9. The van der Waals surface area contributed by atoms with Gasteiger partial charge in [-0.2, -0.15) is 0 Å². The number of para-hydroxylation sites is 1. The molecule has 1 aliphatic rings. The molecule has 0 saturated carbocycles. The minimum Gasteiger partial charge on any atom is -0.326 e. The Labute approximate surface area is 206 Å². The third-order valence-corrected chi connectivity index (χ3v) is 6.88. The first kappa shape index (κ1) is 23.9. The van der Waals surface area contributed by atoms with Crippen LogP contribution in [0.15, 0.2) is 72.0 Å². The van der Waals surface area contributed by atoms with E-state index in [4.69, 9.17) is 11.6 Å². The summed E-state index contributed by atoms with van der Waals surface area (Å²) in [6.07, 6.45) is 3.33. The van der Waals surface area contributed by atoms with Gasteiger partial charge in [-0.1, -0.05) is 47.6 Å². The van der Waals surface area contributed by atoms with E-state index in [1.807, 2.05) is 44.2 Å².